The minimum absolute atomic E-state index is 0.118. The Bertz CT molecular complexity index is 1210. The van der Waals surface area contributed by atoms with Gasteiger partial charge in [0.05, 0.1) is 10.0 Å². The molecule has 29 heavy (non-hydrogen) atoms. The first-order chi connectivity index (χ1) is 13.9. The molecule has 0 saturated carbocycles. The van der Waals surface area contributed by atoms with Crippen molar-refractivity contribution in [1.29, 1.82) is 0 Å². The monoisotopic (exact) mass is 442 g/mol. The molecule has 0 aliphatic rings. The highest BCUT2D eigenvalue weighted by Crippen LogP contribution is 2.42. The largest absolute Gasteiger partial charge is 0.505 e. The van der Waals surface area contributed by atoms with Gasteiger partial charge in [-0.2, -0.15) is 0 Å². The number of rotatable bonds is 4. The van der Waals surface area contributed by atoms with E-state index >= 15 is 0 Å². The summed E-state index contributed by atoms with van der Waals surface area (Å²) in [5.41, 5.74) is 3.76. The summed E-state index contributed by atoms with van der Waals surface area (Å²) in [6, 6.07) is 16.8. The number of aromatic nitrogens is 2. The summed E-state index contributed by atoms with van der Waals surface area (Å²) in [4.78, 5) is 8.97. The first-order valence-corrected chi connectivity index (χ1v) is 10.2. The molecule has 0 saturated heterocycles. The lowest BCUT2D eigenvalue weighted by Gasteiger charge is -2.22. The summed E-state index contributed by atoms with van der Waals surface area (Å²) in [5, 5.41) is 13.2. The molecular weight excluding hydrogens is 427 g/mol. The first kappa shape index (κ1) is 20.0. The second-order valence-corrected chi connectivity index (χ2v) is 8.12. The molecule has 0 amide bonds. The van der Waals surface area contributed by atoms with Gasteiger partial charge in [0, 0.05) is 45.9 Å². The molecule has 0 radical (unpaired) electrons. The number of halogens is 3. The average Bonchev–Trinajstić information content (AvgIpc) is 2.70. The van der Waals surface area contributed by atoms with Crippen LogP contribution < -0.4 is 0 Å². The van der Waals surface area contributed by atoms with Crippen LogP contribution in [0.2, 0.25) is 15.1 Å². The summed E-state index contributed by atoms with van der Waals surface area (Å²) in [5.74, 6) is -0.188. The van der Waals surface area contributed by atoms with E-state index in [-0.39, 0.29) is 11.7 Å². The van der Waals surface area contributed by atoms with Crippen LogP contribution in [0.15, 0.2) is 60.8 Å². The van der Waals surface area contributed by atoms with Gasteiger partial charge in [-0.05, 0) is 42.8 Å². The lowest BCUT2D eigenvalue weighted by molar-refractivity contribution is 0.469. The SMILES string of the molecule is Cc1cccc(CC(c2cc(Cl)cc(Cl)c2Cl)c2ccc3cccnc3c2O)n1. The second kappa shape index (κ2) is 8.19. The van der Waals surface area contributed by atoms with Gasteiger partial charge in [-0.15, -0.1) is 0 Å². The van der Waals surface area contributed by atoms with Gasteiger partial charge < -0.3 is 5.11 Å². The average molecular weight is 444 g/mol. The lowest BCUT2D eigenvalue weighted by Crippen LogP contribution is -2.08. The summed E-state index contributed by atoms with van der Waals surface area (Å²) in [6.45, 7) is 1.94. The molecular formula is C23H17Cl3N2O. The van der Waals surface area contributed by atoms with Crippen LogP contribution in [0.4, 0.5) is 0 Å². The standard InChI is InChI=1S/C23H17Cl3N2O/c1-13-4-2-6-16(28-13)12-18(19-10-15(24)11-20(25)21(19)26)17-8-7-14-5-3-9-27-22(14)23(17)29/h2-11,18,29H,12H2,1H3. The molecule has 2 aromatic heterocycles. The number of phenolic OH excluding ortho intramolecular Hbond substituents is 1. The van der Waals surface area contributed by atoms with E-state index < -0.39 is 0 Å². The predicted octanol–water partition coefficient (Wildman–Crippen LogP) is 6.98. The van der Waals surface area contributed by atoms with Crippen LogP contribution >= 0.6 is 34.8 Å². The fourth-order valence-corrected chi connectivity index (χ4v) is 4.32. The van der Waals surface area contributed by atoms with Gasteiger partial charge in [0.1, 0.15) is 11.3 Å². The molecule has 1 unspecified atom stereocenters. The predicted molar refractivity (Wildman–Crippen MR) is 119 cm³/mol. The summed E-state index contributed by atoms with van der Waals surface area (Å²) >= 11 is 19.2. The minimum Gasteiger partial charge on any atom is -0.505 e. The van der Waals surface area contributed by atoms with Crippen molar-refractivity contribution in [2.24, 2.45) is 0 Å². The molecule has 0 fully saturated rings. The van der Waals surface area contributed by atoms with Gasteiger partial charge in [0.2, 0.25) is 0 Å². The Morgan fingerprint density at radius 2 is 1.79 bits per heavy atom. The zero-order valence-corrected chi connectivity index (χ0v) is 17.8. The van der Waals surface area contributed by atoms with Gasteiger partial charge >= 0.3 is 0 Å². The Morgan fingerprint density at radius 3 is 2.59 bits per heavy atom. The smallest absolute Gasteiger partial charge is 0.145 e. The molecule has 0 aliphatic heterocycles. The Morgan fingerprint density at radius 1 is 0.966 bits per heavy atom. The maximum Gasteiger partial charge on any atom is 0.145 e. The fourth-order valence-electron chi connectivity index (χ4n) is 3.57. The van der Waals surface area contributed by atoms with Crippen LogP contribution in [-0.2, 0) is 6.42 Å². The number of aromatic hydroxyl groups is 1. The normalized spacial score (nSPS) is 12.3. The van der Waals surface area contributed by atoms with Crippen LogP contribution in [0.25, 0.3) is 10.9 Å². The van der Waals surface area contributed by atoms with Crippen LogP contribution in [-0.4, -0.2) is 15.1 Å². The maximum atomic E-state index is 11.1. The first-order valence-electron chi connectivity index (χ1n) is 9.07. The lowest BCUT2D eigenvalue weighted by atomic mass is 9.86. The summed E-state index contributed by atoms with van der Waals surface area (Å²) in [6.07, 6.45) is 2.18. The third-order valence-corrected chi connectivity index (χ3v) is 5.95. The van der Waals surface area contributed by atoms with Crippen LogP contribution in [0.3, 0.4) is 0 Å². The number of pyridine rings is 2. The van der Waals surface area contributed by atoms with E-state index in [2.05, 4.69) is 9.97 Å². The molecule has 0 aliphatic carbocycles. The van der Waals surface area contributed by atoms with Crippen molar-refractivity contribution in [3.63, 3.8) is 0 Å². The van der Waals surface area contributed by atoms with Crippen molar-refractivity contribution in [1.82, 2.24) is 9.97 Å². The van der Waals surface area contributed by atoms with E-state index in [1.54, 1.807) is 18.3 Å². The molecule has 1 atom stereocenters. The Kier molecular flexibility index (Phi) is 5.64. The van der Waals surface area contributed by atoms with Crippen molar-refractivity contribution in [3.05, 3.63) is 98.4 Å². The van der Waals surface area contributed by atoms with Gasteiger partial charge in [0.25, 0.3) is 0 Å². The number of aryl methyl sites for hydroxylation is 1. The molecule has 4 aromatic rings. The molecule has 3 nitrogen and oxygen atoms in total. The molecule has 0 bridgehead atoms. The van der Waals surface area contributed by atoms with Crippen molar-refractivity contribution in [2.75, 3.05) is 0 Å². The Hall–Kier alpha value is -2.33. The van der Waals surface area contributed by atoms with E-state index in [1.807, 2.05) is 49.4 Å². The van der Waals surface area contributed by atoms with E-state index in [1.165, 1.54) is 0 Å². The molecule has 2 aromatic carbocycles. The van der Waals surface area contributed by atoms with E-state index in [0.29, 0.717) is 32.6 Å². The van der Waals surface area contributed by atoms with Crippen LogP contribution in [0.1, 0.15) is 28.4 Å². The van der Waals surface area contributed by atoms with Crippen molar-refractivity contribution in [2.45, 2.75) is 19.3 Å². The highest BCUT2D eigenvalue weighted by molar-refractivity contribution is 6.43. The van der Waals surface area contributed by atoms with Crippen LogP contribution in [0.5, 0.6) is 5.75 Å². The number of benzene rings is 2. The van der Waals surface area contributed by atoms with E-state index in [0.717, 1.165) is 22.3 Å². The minimum atomic E-state index is -0.306. The third-order valence-electron chi connectivity index (χ3n) is 4.91. The molecule has 2 heterocycles. The molecule has 4 rings (SSSR count). The zero-order chi connectivity index (χ0) is 20.5. The van der Waals surface area contributed by atoms with Crippen molar-refractivity contribution in [3.8, 4) is 5.75 Å². The fraction of sp³-hybridized carbons (Fsp3) is 0.130. The van der Waals surface area contributed by atoms with E-state index in [9.17, 15) is 5.11 Å². The molecule has 1 N–H and O–H groups in total. The van der Waals surface area contributed by atoms with Crippen molar-refractivity contribution < 1.29 is 5.11 Å². The Labute approximate surface area is 183 Å². The van der Waals surface area contributed by atoms with Crippen LogP contribution in [0, 0.1) is 6.92 Å². The molecule has 0 spiro atoms. The van der Waals surface area contributed by atoms with Gasteiger partial charge in [0.15, 0.2) is 0 Å². The summed E-state index contributed by atoms with van der Waals surface area (Å²) < 4.78 is 0. The number of fused-ring (bicyclic) bond motifs is 1. The molecule has 146 valence electrons. The van der Waals surface area contributed by atoms with Crippen molar-refractivity contribution >= 4 is 45.7 Å². The quantitative estimate of drug-likeness (QED) is 0.346. The highest BCUT2D eigenvalue weighted by Gasteiger charge is 2.24. The maximum absolute atomic E-state index is 11.1. The number of hydrogen-bond acceptors (Lipinski definition) is 3. The van der Waals surface area contributed by atoms with Gasteiger partial charge in [-0.25, -0.2) is 0 Å². The van der Waals surface area contributed by atoms with E-state index in [4.69, 9.17) is 34.8 Å². The third kappa shape index (κ3) is 4.04. The number of hydrogen-bond donors (Lipinski definition) is 1. The number of phenols is 1. The topological polar surface area (TPSA) is 46.0 Å². The van der Waals surface area contributed by atoms with Gasteiger partial charge in [-0.3, -0.25) is 9.97 Å². The second-order valence-electron chi connectivity index (χ2n) is 6.90. The Balaban J connectivity index is 1.93. The van der Waals surface area contributed by atoms with Gasteiger partial charge in [-0.1, -0.05) is 59.1 Å². The number of nitrogens with zero attached hydrogens (tertiary/aromatic N) is 2. The molecule has 6 heteroatoms. The zero-order valence-electron chi connectivity index (χ0n) is 15.5. The highest BCUT2D eigenvalue weighted by atomic mass is 35.5. The summed E-state index contributed by atoms with van der Waals surface area (Å²) in [7, 11) is 0.